The molecule has 0 aliphatic carbocycles. The van der Waals surface area contributed by atoms with E-state index in [9.17, 15) is 10.2 Å². The number of aliphatic hydroxyl groups excluding tert-OH is 1. The van der Waals surface area contributed by atoms with E-state index in [0.717, 1.165) is 5.56 Å². The van der Waals surface area contributed by atoms with Crippen molar-refractivity contribution in [1.29, 1.82) is 0 Å². The van der Waals surface area contributed by atoms with E-state index in [0.29, 0.717) is 23.2 Å². The van der Waals surface area contributed by atoms with Crippen molar-refractivity contribution in [1.82, 2.24) is 0 Å². The predicted octanol–water partition coefficient (Wildman–Crippen LogP) is 2.48. The van der Waals surface area contributed by atoms with Crippen molar-refractivity contribution in [2.24, 2.45) is 0 Å². The molecule has 1 rings (SSSR count). The molecule has 0 saturated carbocycles. The number of aromatic hydroxyl groups is 1. The van der Waals surface area contributed by atoms with Crippen LogP contribution < -0.4 is 4.74 Å². The van der Waals surface area contributed by atoms with Crippen molar-refractivity contribution in [3.05, 3.63) is 22.2 Å². The van der Waals surface area contributed by atoms with E-state index in [-0.39, 0.29) is 5.75 Å². The lowest BCUT2D eigenvalue weighted by molar-refractivity contribution is 0.195. The highest BCUT2D eigenvalue weighted by Gasteiger charge is 2.10. The van der Waals surface area contributed by atoms with Crippen molar-refractivity contribution in [3.8, 4) is 11.5 Å². The van der Waals surface area contributed by atoms with Gasteiger partial charge in [0.15, 0.2) is 11.5 Å². The Morgan fingerprint density at radius 2 is 2.13 bits per heavy atom. The summed E-state index contributed by atoms with van der Waals surface area (Å²) >= 11 is 3.25. The summed E-state index contributed by atoms with van der Waals surface area (Å²) in [5, 5.41) is 18.9. The molecule has 0 heterocycles. The van der Waals surface area contributed by atoms with E-state index >= 15 is 0 Å². The minimum absolute atomic E-state index is 0.103. The van der Waals surface area contributed by atoms with E-state index < -0.39 is 6.10 Å². The van der Waals surface area contributed by atoms with Crippen LogP contribution in [0.3, 0.4) is 0 Å². The summed E-state index contributed by atoms with van der Waals surface area (Å²) in [5.41, 5.74) is 0.929. The molecule has 0 fully saturated rings. The highest BCUT2D eigenvalue weighted by Crippen LogP contribution is 2.35. The minimum atomic E-state index is -0.407. The number of hydrogen-bond donors (Lipinski definition) is 2. The molecular weight excluding hydrogens is 260 g/mol. The second kappa shape index (κ2) is 5.37. The van der Waals surface area contributed by atoms with Gasteiger partial charge in [0, 0.05) is 0 Å². The predicted molar refractivity (Wildman–Crippen MR) is 62.4 cm³/mol. The Morgan fingerprint density at radius 1 is 1.47 bits per heavy atom. The van der Waals surface area contributed by atoms with Crippen LogP contribution >= 0.6 is 15.9 Å². The summed E-state index contributed by atoms with van der Waals surface area (Å²) < 4.78 is 5.87. The van der Waals surface area contributed by atoms with Crippen LogP contribution in [0, 0.1) is 0 Å². The van der Waals surface area contributed by atoms with Crippen molar-refractivity contribution in [3.63, 3.8) is 0 Å². The first-order valence-electron chi connectivity index (χ1n) is 4.86. The zero-order valence-electron chi connectivity index (χ0n) is 8.83. The first-order chi connectivity index (χ1) is 7.04. The van der Waals surface area contributed by atoms with Crippen molar-refractivity contribution < 1.29 is 14.9 Å². The van der Waals surface area contributed by atoms with Gasteiger partial charge in [0.05, 0.1) is 17.2 Å². The van der Waals surface area contributed by atoms with Crippen LogP contribution in [-0.2, 0) is 6.42 Å². The fourth-order valence-corrected chi connectivity index (χ4v) is 1.84. The first-order valence-corrected chi connectivity index (χ1v) is 5.66. The van der Waals surface area contributed by atoms with Crippen molar-refractivity contribution >= 4 is 15.9 Å². The summed E-state index contributed by atoms with van der Waals surface area (Å²) in [6.07, 6.45) is 0.134. The molecule has 0 radical (unpaired) electrons. The van der Waals surface area contributed by atoms with Crippen LogP contribution in [0.1, 0.15) is 19.4 Å². The van der Waals surface area contributed by atoms with Gasteiger partial charge in [-0.3, -0.25) is 0 Å². The van der Waals surface area contributed by atoms with E-state index in [1.54, 1.807) is 19.1 Å². The summed E-state index contributed by atoms with van der Waals surface area (Å²) in [4.78, 5) is 0. The maximum atomic E-state index is 9.65. The fourth-order valence-electron chi connectivity index (χ4n) is 1.35. The number of ether oxygens (including phenoxy) is 1. The van der Waals surface area contributed by atoms with Gasteiger partial charge >= 0.3 is 0 Å². The van der Waals surface area contributed by atoms with Gasteiger partial charge in [-0.2, -0.15) is 0 Å². The number of rotatable bonds is 4. The second-order valence-electron chi connectivity index (χ2n) is 3.41. The van der Waals surface area contributed by atoms with Gasteiger partial charge in [-0.15, -0.1) is 0 Å². The number of aliphatic hydroxyl groups is 1. The molecule has 3 nitrogen and oxygen atoms in total. The monoisotopic (exact) mass is 274 g/mol. The van der Waals surface area contributed by atoms with Gasteiger partial charge in [-0.05, 0) is 53.9 Å². The summed E-state index contributed by atoms with van der Waals surface area (Å²) in [7, 11) is 0. The third kappa shape index (κ3) is 3.39. The van der Waals surface area contributed by atoms with Gasteiger partial charge in [0.1, 0.15) is 0 Å². The molecule has 0 spiro atoms. The normalized spacial score (nSPS) is 12.5. The highest BCUT2D eigenvalue weighted by atomic mass is 79.9. The number of halogens is 1. The summed E-state index contributed by atoms with van der Waals surface area (Å²) in [6, 6.07) is 3.53. The van der Waals surface area contributed by atoms with Gasteiger partial charge in [-0.1, -0.05) is 0 Å². The maximum Gasteiger partial charge on any atom is 0.172 e. The standard InChI is InChI=1S/C11H15BrO3/c1-3-15-10-6-8(4-7(2)13)5-9(12)11(10)14/h5-7,13-14H,3-4H2,1-2H3. The Kier molecular flexibility index (Phi) is 4.42. The molecular formula is C11H15BrO3. The molecule has 1 atom stereocenters. The molecule has 0 aliphatic rings. The van der Waals surface area contributed by atoms with Gasteiger partial charge in [0.2, 0.25) is 0 Å². The molecule has 84 valence electrons. The Bertz CT molecular complexity index is 337. The average Bonchev–Trinajstić information content (AvgIpc) is 2.12. The maximum absolute atomic E-state index is 9.65. The highest BCUT2D eigenvalue weighted by molar-refractivity contribution is 9.10. The Balaban J connectivity index is 3.00. The van der Waals surface area contributed by atoms with Crippen molar-refractivity contribution in [2.45, 2.75) is 26.4 Å². The second-order valence-corrected chi connectivity index (χ2v) is 4.26. The van der Waals surface area contributed by atoms with Crippen molar-refractivity contribution in [2.75, 3.05) is 6.61 Å². The zero-order chi connectivity index (χ0) is 11.4. The molecule has 0 saturated heterocycles. The fraction of sp³-hybridized carbons (Fsp3) is 0.455. The Labute approximate surface area is 97.8 Å². The van der Waals surface area contributed by atoms with E-state index in [1.165, 1.54) is 0 Å². The van der Waals surface area contributed by atoms with E-state index in [1.807, 2.05) is 6.92 Å². The number of hydrogen-bond acceptors (Lipinski definition) is 3. The molecule has 15 heavy (non-hydrogen) atoms. The van der Waals surface area contributed by atoms with E-state index in [2.05, 4.69) is 15.9 Å². The number of phenolic OH excluding ortho intramolecular Hbond substituents is 1. The lowest BCUT2D eigenvalue weighted by atomic mass is 10.1. The number of phenols is 1. The van der Waals surface area contributed by atoms with Crippen LogP contribution in [0.15, 0.2) is 16.6 Å². The summed E-state index contributed by atoms with van der Waals surface area (Å²) in [5.74, 6) is 0.550. The Hall–Kier alpha value is -0.740. The van der Waals surface area contributed by atoms with Crippen LogP contribution in [0.4, 0.5) is 0 Å². The third-order valence-corrected chi connectivity index (χ3v) is 2.52. The molecule has 0 amide bonds. The van der Waals surface area contributed by atoms with Gasteiger partial charge in [0.25, 0.3) is 0 Å². The molecule has 1 aromatic rings. The summed E-state index contributed by atoms with van der Waals surface area (Å²) in [6.45, 7) is 4.08. The van der Waals surface area contributed by atoms with Gasteiger partial charge in [-0.25, -0.2) is 0 Å². The number of benzene rings is 1. The molecule has 4 heteroatoms. The minimum Gasteiger partial charge on any atom is -0.503 e. The van der Waals surface area contributed by atoms with Crippen LogP contribution in [0.2, 0.25) is 0 Å². The van der Waals surface area contributed by atoms with E-state index in [4.69, 9.17) is 4.74 Å². The van der Waals surface area contributed by atoms with Crippen LogP contribution in [0.25, 0.3) is 0 Å². The molecule has 0 aliphatic heterocycles. The lowest BCUT2D eigenvalue weighted by Crippen LogP contribution is -2.04. The Morgan fingerprint density at radius 3 is 2.67 bits per heavy atom. The molecule has 1 unspecified atom stereocenters. The molecule has 1 aromatic carbocycles. The lowest BCUT2D eigenvalue weighted by Gasteiger charge is -2.11. The molecule has 2 N–H and O–H groups in total. The first kappa shape index (κ1) is 12.3. The molecule has 0 aromatic heterocycles. The SMILES string of the molecule is CCOc1cc(CC(C)O)cc(Br)c1O. The zero-order valence-corrected chi connectivity index (χ0v) is 10.4. The quantitative estimate of drug-likeness (QED) is 0.887. The molecule has 0 bridgehead atoms. The third-order valence-electron chi connectivity index (χ3n) is 1.92. The largest absolute Gasteiger partial charge is 0.503 e. The van der Waals surface area contributed by atoms with Gasteiger partial charge < -0.3 is 14.9 Å². The average molecular weight is 275 g/mol. The topological polar surface area (TPSA) is 49.7 Å². The smallest absolute Gasteiger partial charge is 0.172 e. The van der Waals surface area contributed by atoms with Crippen LogP contribution in [-0.4, -0.2) is 22.9 Å². The van der Waals surface area contributed by atoms with Crippen LogP contribution in [0.5, 0.6) is 11.5 Å².